The van der Waals surface area contributed by atoms with Gasteiger partial charge in [-0.05, 0) is 6.07 Å². The summed E-state index contributed by atoms with van der Waals surface area (Å²) >= 11 is 0. The second kappa shape index (κ2) is 5.31. The highest BCUT2D eigenvalue weighted by molar-refractivity contribution is 5.73. The maximum Gasteiger partial charge on any atom is 0.274 e. The normalized spacial score (nSPS) is 7.82. The van der Waals surface area contributed by atoms with Crippen molar-refractivity contribution < 1.29 is 9.90 Å². The Balaban J connectivity index is 0.000000461. The summed E-state index contributed by atoms with van der Waals surface area (Å²) in [7, 11) is 1.00. The number of aromatic amines is 1. The lowest BCUT2D eigenvalue weighted by Crippen LogP contribution is -2.11. The van der Waals surface area contributed by atoms with E-state index >= 15 is 0 Å². The van der Waals surface area contributed by atoms with Crippen LogP contribution in [0.2, 0.25) is 0 Å². The quantitative estimate of drug-likeness (QED) is 0.521. The van der Waals surface area contributed by atoms with Crippen LogP contribution in [0.5, 0.6) is 0 Å². The van der Waals surface area contributed by atoms with Crippen LogP contribution in [0.25, 0.3) is 0 Å². The van der Waals surface area contributed by atoms with Gasteiger partial charge in [0.25, 0.3) is 5.56 Å². The minimum Gasteiger partial charge on any atom is -0.400 e. The molecule has 2 N–H and O–H groups in total. The molecule has 0 saturated heterocycles. The number of nitrogens with one attached hydrogen (secondary N) is 1. The second-order valence-electron chi connectivity index (χ2n) is 1.46. The summed E-state index contributed by atoms with van der Waals surface area (Å²) in [6, 6.07) is 1.35. The van der Waals surface area contributed by atoms with Crippen molar-refractivity contribution >= 4 is 6.29 Å². The Morgan fingerprint density at radius 1 is 1.64 bits per heavy atom. The molecule has 0 saturated carbocycles. The molecular formula is C6H8N2O3. The van der Waals surface area contributed by atoms with E-state index in [2.05, 4.69) is 10.2 Å². The standard InChI is InChI=1S/C5H4N2O2.CH4O/c8-3-4-1-2-6-7-5(4)9;1-2/h1-3H,(H,7,9);2H,1H3. The monoisotopic (exact) mass is 156 g/mol. The molecule has 1 heterocycles. The fourth-order valence-corrected chi connectivity index (χ4v) is 0.447. The molecule has 60 valence electrons. The summed E-state index contributed by atoms with van der Waals surface area (Å²) < 4.78 is 0. The predicted octanol–water partition coefficient (Wildman–Crippen LogP) is -0.809. The first kappa shape index (κ1) is 9.51. The molecule has 1 rings (SSSR count). The Morgan fingerprint density at radius 2 is 2.27 bits per heavy atom. The van der Waals surface area contributed by atoms with Gasteiger partial charge >= 0.3 is 0 Å². The van der Waals surface area contributed by atoms with Gasteiger partial charge in [-0.3, -0.25) is 9.59 Å². The lowest BCUT2D eigenvalue weighted by molar-refractivity contribution is 0.112. The molecule has 0 aliphatic rings. The van der Waals surface area contributed by atoms with E-state index in [-0.39, 0.29) is 5.56 Å². The number of rotatable bonds is 1. The molecule has 1 aromatic heterocycles. The van der Waals surface area contributed by atoms with Gasteiger partial charge in [-0.2, -0.15) is 5.10 Å². The smallest absolute Gasteiger partial charge is 0.274 e. The average molecular weight is 156 g/mol. The number of carbonyl (C=O) groups excluding carboxylic acids is 1. The topological polar surface area (TPSA) is 83.0 Å². The van der Waals surface area contributed by atoms with Crippen LogP contribution in [0, 0.1) is 0 Å². The van der Waals surface area contributed by atoms with Crippen LogP contribution in [0.1, 0.15) is 10.4 Å². The van der Waals surface area contributed by atoms with Crippen LogP contribution in [0.15, 0.2) is 17.1 Å². The summed E-state index contributed by atoms with van der Waals surface area (Å²) in [5.41, 5.74) is -0.350. The molecular weight excluding hydrogens is 148 g/mol. The van der Waals surface area contributed by atoms with E-state index in [0.29, 0.717) is 6.29 Å². The van der Waals surface area contributed by atoms with Gasteiger partial charge in [0.05, 0.1) is 5.56 Å². The van der Waals surface area contributed by atoms with Crippen molar-refractivity contribution in [3.8, 4) is 0 Å². The lowest BCUT2D eigenvalue weighted by Gasteiger charge is -1.82. The van der Waals surface area contributed by atoms with E-state index in [4.69, 9.17) is 5.11 Å². The number of aliphatic hydroxyl groups is 1. The van der Waals surface area contributed by atoms with Crippen LogP contribution >= 0.6 is 0 Å². The molecule has 0 atom stereocenters. The molecule has 0 amide bonds. The van der Waals surface area contributed by atoms with E-state index in [1.807, 2.05) is 0 Å². The maximum atomic E-state index is 10.5. The summed E-state index contributed by atoms with van der Waals surface area (Å²) in [4.78, 5) is 20.5. The first-order valence-electron chi connectivity index (χ1n) is 2.78. The first-order chi connectivity index (χ1) is 5.34. The molecule has 0 aromatic carbocycles. The number of H-pyrrole nitrogens is 1. The molecule has 0 bridgehead atoms. The van der Waals surface area contributed by atoms with Crippen molar-refractivity contribution in [3.05, 3.63) is 28.2 Å². The van der Waals surface area contributed by atoms with Gasteiger partial charge in [-0.15, -0.1) is 0 Å². The van der Waals surface area contributed by atoms with Crippen LogP contribution in [-0.4, -0.2) is 28.7 Å². The second-order valence-corrected chi connectivity index (χ2v) is 1.46. The minimum absolute atomic E-state index is 0.102. The number of aromatic nitrogens is 2. The summed E-state index contributed by atoms with van der Waals surface area (Å²) in [5.74, 6) is 0. The molecule has 0 fully saturated rings. The number of hydrogen-bond donors (Lipinski definition) is 2. The van der Waals surface area contributed by atoms with Crippen molar-refractivity contribution in [1.82, 2.24) is 10.2 Å². The average Bonchev–Trinajstić information content (AvgIpc) is 2.09. The van der Waals surface area contributed by atoms with Gasteiger partial charge in [0.2, 0.25) is 0 Å². The maximum absolute atomic E-state index is 10.5. The Bertz CT molecular complexity index is 269. The zero-order valence-electron chi connectivity index (χ0n) is 5.94. The summed E-state index contributed by atoms with van der Waals surface area (Å²) in [5, 5.41) is 12.5. The van der Waals surface area contributed by atoms with Crippen molar-refractivity contribution in [2.45, 2.75) is 0 Å². The fraction of sp³-hybridized carbons (Fsp3) is 0.167. The van der Waals surface area contributed by atoms with Crippen molar-refractivity contribution in [3.63, 3.8) is 0 Å². The molecule has 0 unspecified atom stereocenters. The molecule has 0 aliphatic carbocycles. The number of aldehydes is 1. The molecule has 0 radical (unpaired) electrons. The summed E-state index contributed by atoms with van der Waals surface area (Å²) in [6.07, 6.45) is 1.84. The first-order valence-corrected chi connectivity index (χ1v) is 2.78. The van der Waals surface area contributed by atoms with Crippen LogP contribution < -0.4 is 5.56 Å². The fourth-order valence-electron chi connectivity index (χ4n) is 0.447. The van der Waals surface area contributed by atoms with E-state index in [0.717, 1.165) is 7.11 Å². The van der Waals surface area contributed by atoms with Gasteiger partial charge < -0.3 is 5.11 Å². The lowest BCUT2D eigenvalue weighted by atomic mass is 10.3. The molecule has 0 spiro atoms. The Labute approximate surface area is 62.7 Å². The van der Waals surface area contributed by atoms with Crippen LogP contribution in [-0.2, 0) is 0 Å². The third-order valence-electron chi connectivity index (χ3n) is 0.884. The highest BCUT2D eigenvalue weighted by Crippen LogP contribution is 1.77. The van der Waals surface area contributed by atoms with Gasteiger partial charge in [0.1, 0.15) is 0 Å². The largest absolute Gasteiger partial charge is 0.400 e. The number of nitrogens with zero attached hydrogens (tertiary/aromatic N) is 1. The molecule has 11 heavy (non-hydrogen) atoms. The third kappa shape index (κ3) is 2.72. The van der Waals surface area contributed by atoms with Crippen LogP contribution in [0.3, 0.4) is 0 Å². The van der Waals surface area contributed by atoms with Gasteiger partial charge in [0, 0.05) is 13.3 Å². The number of carbonyl (C=O) groups is 1. The van der Waals surface area contributed by atoms with Crippen molar-refractivity contribution in [2.75, 3.05) is 7.11 Å². The van der Waals surface area contributed by atoms with E-state index in [1.165, 1.54) is 12.3 Å². The van der Waals surface area contributed by atoms with Crippen molar-refractivity contribution in [2.24, 2.45) is 0 Å². The van der Waals surface area contributed by atoms with E-state index in [1.54, 1.807) is 0 Å². The Morgan fingerprint density at radius 3 is 2.64 bits per heavy atom. The Kier molecular flexibility index (Phi) is 4.59. The Hall–Kier alpha value is -1.49. The SMILES string of the molecule is CO.O=Cc1ccn[nH]c1=O. The highest BCUT2D eigenvalue weighted by atomic mass is 16.2. The van der Waals surface area contributed by atoms with Gasteiger partial charge in [0.15, 0.2) is 6.29 Å². The van der Waals surface area contributed by atoms with Crippen molar-refractivity contribution in [1.29, 1.82) is 0 Å². The summed E-state index contributed by atoms with van der Waals surface area (Å²) in [6.45, 7) is 0. The van der Waals surface area contributed by atoms with Gasteiger partial charge in [-0.1, -0.05) is 0 Å². The third-order valence-corrected chi connectivity index (χ3v) is 0.884. The predicted molar refractivity (Wildman–Crippen MR) is 38.4 cm³/mol. The van der Waals surface area contributed by atoms with Gasteiger partial charge in [-0.25, -0.2) is 5.10 Å². The van der Waals surface area contributed by atoms with E-state index in [9.17, 15) is 9.59 Å². The molecule has 5 heteroatoms. The van der Waals surface area contributed by atoms with Crippen LogP contribution in [0.4, 0.5) is 0 Å². The zero-order chi connectivity index (χ0) is 8.69. The number of aliphatic hydroxyl groups excluding tert-OH is 1. The molecule has 5 nitrogen and oxygen atoms in total. The molecule has 0 aliphatic heterocycles. The number of hydrogen-bond acceptors (Lipinski definition) is 4. The molecule has 1 aromatic rings. The zero-order valence-corrected chi connectivity index (χ0v) is 5.94. The minimum atomic E-state index is -0.451. The highest BCUT2D eigenvalue weighted by Gasteiger charge is 1.91. The van der Waals surface area contributed by atoms with E-state index < -0.39 is 5.56 Å².